The number of benzene rings is 1. The number of ether oxygens (including phenoxy) is 7. The van der Waals surface area contributed by atoms with Crippen LogP contribution in [0.25, 0.3) is 0 Å². The van der Waals surface area contributed by atoms with Crippen molar-refractivity contribution in [2.24, 2.45) is 0 Å². The SMILES string of the molecule is O=C(CCOCCOCCOCCOCCn1cc(CCO[C@H]2O[C@H](Cc3nnn[nH]3)[C@@H](O)[C@H](O)[C@@H]2O)nn1)Oc1c(F)c(F)c(F)c(F)c1F. The Morgan fingerprint density at radius 3 is 2.02 bits per heavy atom. The molecule has 0 bridgehead atoms. The number of hydrogen-bond donors (Lipinski definition) is 4. The van der Waals surface area contributed by atoms with Crippen LogP contribution < -0.4 is 4.74 Å². The molecule has 3 heterocycles. The largest absolute Gasteiger partial charge is 0.420 e. The van der Waals surface area contributed by atoms with Gasteiger partial charge in [-0.25, -0.2) is 23.0 Å². The summed E-state index contributed by atoms with van der Waals surface area (Å²) in [6.07, 6.45) is -4.86. The lowest BCUT2D eigenvalue weighted by Crippen LogP contribution is -2.58. The number of tetrazole rings is 1. The van der Waals surface area contributed by atoms with Crippen LogP contribution in [0.2, 0.25) is 0 Å². The quantitative estimate of drug-likeness (QED) is 0.0246. The highest BCUT2D eigenvalue weighted by molar-refractivity contribution is 5.72. The van der Waals surface area contributed by atoms with Gasteiger partial charge in [0.15, 0.2) is 12.1 Å². The molecule has 1 fully saturated rings. The average Bonchev–Trinajstić information content (AvgIpc) is 3.81. The Morgan fingerprint density at radius 2 is 1.39 bits per heavy atom. The van der Waals surface area contributed by atoms with Crippen molar-refractivity contribution in [3.05, 3.63) is 46.8 Å². The van der Waals surface area contributed by atoms with Gasteiger partial charge in [-0.2, -0.15) is 8.78 Å². The molecule has 5 atom stereocenters. The third kappa shape index (κ3) is 11.9. The molecule has 0 amide bonds. The highest BCUT2D eigenvalue weighted by atomic mass is 19.2. The first kappa shape index (κ1) is 40.0. The normalized spacial score (nSPS) is 20.6. The molecular weight excluding hydrogens is 705 g/mol. The van der Waals surface area contributed by atoms with Crippen LogP contribution in [-0.4, -0.2) is 147 Å². The van der Waals surface area contributed by atoms with Crippen LogP contribution in [-0.2, 0) is 52.6 Å². The lowest BCUT2D eigenvalue weighted by molar-refractivity contribution is -0.296. The van der Waals surface area contributed by atoms with Crippen molar-refractivity contribution in [2.75, 3.05) is 59.5 Å². The van der Waals surface area contributed by atoms with E-state index in [0.29, 0.717) is 44.3 Å². The summed E-state index contributed by atoms with van der Waals surface area (Å²) in [6, 6.07) is 0. The summed E-state index contributed by atoms with van der Waals surface area (Å²) in [6.45, 7) is 1.84. The fourth-order valence-electron chi connectivity index (χ4n) is 4.44. The van der Waals surface area contributed by atoms with Crippen molar-refractivity contribution < 1.29 is 75.2 Å². The minimum Gasteiger partial charge on any atom is -0.420 e. The number of aromatic amines is 1. The first-order valence-corrected chi connectivity index (χ1v) is 15.5. The Kier molecular flexibility index (Phi) is 15.9. The van der Waals surface area contributed by atoms with Gasteiger partial charge in [0.2, 0.25) is 34.8 Å². The molecule has 18 nitrogen and oxygen atoms in total. The molecule has 1 aliphatic heterocycles. The molecule has 4 rings (SSSR count). The molecule has 51 heavy (non-hydrogen) atoms. The maximum Gasteiger partial charge on any atom is 0.313 e. The van der Waals surface area contributed by atoms with Crippen molar-refractivity contribution in [1.82, 2.24) is 35.6 Å². The molecule has 0 unspecified atom stereocenters. The van der Waals surface area contributed by atoms with E-state index >= 15 is 0 Å². The lowest BCUT2D eigenvalue weighted by Gasteiger charge is -2.40. The number of hydrogen-bond acceptors (Lipinski definition) is 16. The Morgan fingerprint density at radius 1 is 0.784 bits per heavy atom. The monoisotopic (exact) mass is 741 g/mol. The van der Waals surface area contributed by atoms with Crippen molar-refractivity contribution in [2.45, 2.75) is 56.5 Å². The Balaban J connectivity index is 0.962. The van der Waals surface area contributed by atoms with Gasteiger partial charge in [-0.05, 0) is 10.4 Å². The highest BCUT2D eigenvalue weighted by Crippen LogP contribution is 2.29. The molecule has 284 valence electrons. The summed E-state index contributed by atoms with van der Waals surface area (Å²) in [7, 11) is 0. The van der Waals surface area contributed by atoms with Crippen LogP contribution in [0.5, 0.6) is 5.75 Å². The second-order valence-corrected chi connectivity index (χ2v) is 10.7. The number of carbonyl (C=O) groups excluding carboxylic acids is 1. The summed E-state index contributed by atoms with van der Waals surface area (Å²) < 4.78 is 105. The van der Waals surface area contributed by atoms with Gasteiger partial charge in [0.05, 0.1) is 84.2 Å². The second kappa shape index (κ2) is 20.3. The van der Waals surface area contributed by atoms with Gasteiger partial charge in [-0.1, -0.05) is 5.21 Å². The van der Waals surface area contributed by atoms with E-state index in [1.807, 2.05) is 0 Å². The fourth-order valence-corrected chi connectivity index (χ4v) is 4.44. The predicted octanol–water partition coefficient (Wildman–Crippen LogP) is -0.842. The Labute approximate surface area is 285 Å². The lowest BCUT2D eigenvalue weighted by atomic mass is 9.97. The predicted molar refractivity (Wildman–Crippen MR) is 154 cm³/mol. The number of nitrogens with one attached hydrogen (secondary N) is 1. The van der Waals surface area contributed by atoms with Crippen LogP contribution >= 0.6 is 0 Å². The number of rotatable bonds is 22. The molecule has 23 heteroatoms. The maximum atomic E-state index is 13.6. The van der Waals surface area contributed by atoms with Gasteiger partial charge in [0.1, 0.15) is 18.3 Å². The summed E-state index contributed by atoms with van der Waals surface area (Å²) in [4.78, 5) is 11.7. The number of esters is 1. The molecular formula is C28H36F5N7O11. The number of H-pyrrole nitrogens is 1. The van der Waals surface area contributed by atoms with Crippen molar-refractivity contribution in [3.8, 4) is 5.75 Å². The number of aliphatic hydroxyl groups is 3. The number of aromatic nitrogens is 7. The zero-order valence-electron chi connectivity index (χ0n) is 26.8. The van der Waals surface area contributed by atoms with Gasteiger partial charge in [-0.3, -0.25) is 4.79 Å². The molecule has 4 N–H and O–H groups in total. The minimum atomic E-state index is -2.36. The maximum absolute atomic E-state index is 13.6. The van der Waals surface area contributed by atoms with Crippen molar-refractivity contribution >= 4 is 5.97 Å². The highest BCUT2D eigenvalue weighted by Gasteiger charge is 2.44. The smallest absolute Gasteiger partial charge is 0.313 e. The molecule has 1 aromatic carbocycles. The van der Waals surface area contributed by atoms with Crippen molar-refractivity contribution in [1.29, 1.82) is 0 Å². The van der Waals surface area contributed by atoms with E-state index in [-0.39, 0.29) is 46.1 Å². The zero-order chi connectivity index (χ0) is 36.8. The van der Waals surface area contributed by atoms with Crippen LogP contribution in [0.1, 0.15) is 17.9 Å². The first-order valence-electron chi connectivity index (χ1n) is 15.5. The third-order valence-electron chi connectivity index (χ3n) is 7.10. The fraction of sp³-hybridized carbons (Fsp3) is 0.643. The molecule has 0 radical (unpaired) electrons. The molecule has 0 aliphatic carbocycles. The van der Waals surface area contributed by atoms with Gasteiger partial charge >= 0.3 is 5.97 Å². The van der Waals surface area contributed by atoms with Gasteiger partial charge in [-0.15, -0.1) is 10.2 Å². The van der Waals surface area contributed by atoms with Crippen LogP contribution in [0, 0.1) is 29.1 Å². The molecule has 1 aliphatic rings. The zero-order valence-corrected chi connectivity index (χ0v) is 26.8. The van der Waals surface area contributed by atoms with Crippen LogP contribution in [0.4, 0.5) is 22.0 Å². The van der Waals surface area contributed by atoms with E-state index in [2.05, 4.69) is 35.7 Å². The standard InChI is InChI=1S/C28H36F5N7O11/c29-19-20(30)22(32)27(23(33)21(19)31)51-18(41)2-4-45-7-9-47-11-12-48-10-8-46-6-3-40-14-15(34-39-40)1-5-49-28-26(44)25(43)24(42)16(50-28)13-17-35-37-38-36-17/h14,16,24-26,28,42-44H,1-13H2,(H,35,36,37,38)/t16-,24-,25+,26+,28+/m1/s1. The summed E-state index contributed by atoms with van der Waals surface area (Å²) in [5.74, 6) is -13.9. The Hall–Kier alpha value is -3.81. The van der Waals surface area contributed by atoms with E-state index in [1.165, 1.54) is 0 Å². The molecule has 0 spiro atoms. The third-order valence-corrected chi connectivity index (χ3v) is 7.10. The summed E-state index contributed by atoms with van der Waals surface area (Å²) in [5.41, 5.74) is 0.604. The van der Waals surface area contributed by atoms with E-state index in [0.717, 1.165) is 0 Å². The minimum absolute atomic E-state index is 0.0488. The second-order valence-electron chi connectivity index (χ2n) is 10.7. The molecule has 3 aromatic rings. The van der Waals surface area contributed by atoms with Crippen LogP contribution in [0.15, 0.2) is 6.20 Å². The summed E-state index contributed by atoms with van der Waals surface area (Å²) in [5, 5.41) is 51.9. The molecule has 2 aromatic heterocycles. The van der Waals surface area contributed by atoms with E-state index in [9.17, 15) is 42.1 Å². The topological polar surface area (TPSA) is 228 Å². The van der Waals surface area contributed by atoms with Gasteiger partial charge < -0.3 is 48.5 Å². The first-order chi connectivity index (χ1) is 24.6. The number of carbonyl (C=O) groups is 1. The molecule has 1 saturated heterocycles. The van der Waals surface area contributed by atoms with E-state index < -0.39 is 77.9 Å². The van der Waals surface area contributed by atoms with Crippen molar-refractivity contribution in [3.63, 3.8) is 0 Å². The van der Waals surface area contributed by atoms with Gasteiger partial charge in [0, 0.05) is 19.0 Å². The number of aliphatic hydroxyl groups excluding tert-OH is 3. The Bertz CT molecular complexity index is 1480. The summed E-state index contributed by atoms with van der Waals surface area (Å²) >= 11 is 0. The average molecular weight is 742 g/mol. The van der Waals surface area contributed by atoms with E-state index in [4.69, 9.17) is 28.4 Å². The van der Waals surface area contributed by atoms with Crippen LogP contribution in [0.3, 0.4) is 0 Å². The number of halogens is 5. The molecule has 0 saturated carbocycles. The van der Waals surface area contributed by atoms with E-state index in [1.54, 1.807) is 10.9 Å². The number of nitrogens with zero attached hydrogens (tertiary/aromatic N) is 6. The van der Waals surface area contributed by atoms with Gasteiger partial charge in [0.25, 0.3) is 0 Å².